The lowest BCUT2D eigenvalue weighted by Crippen LogP contribution is -2.18. The van der Waals surface area contributed by atoms with Gasteiger partial charge >= 0.3 is 0 Å². The van der Waals surface area contributed by atoms with Crippen molar-refractivity contribution in [3.8, 4) is 0 Å². The van der Waals surface area contributed by atoms with Crippen LogP contribution in [0.1, 0.15) is 43.8 Å². The average molecular weight is 291 g/mol. The molecule has 0 radical (unpaired) electrons. The van der Waals surface area contributed by atoms with Crippen LogP contribution in [0.4, 0.5) is 0 Å². The molecule has 2 aromatic rings. The average Bonchev–Trinajstić information content (AvgIpc) is 2.99. The quantitative estimate of drug-likeness (QED) is 0.860. The molecule has 0 aromatic carbocycles. The van der Waals surface area contributed by atoms with Crippen LogP contribution in [-0.2, 0) is 16.6 Å². The zero-order chi connectivity index (χ0) is 13.8. The van der Waals surface area contributed by atoms with Gasteiger partial charge in [0, 0.05) is 6.20 Å². The SMILES string of the molecule is O=S(Cc1ccccn1)c1nnnn1C1CCCCC1. The van der Waals surface area contributed by atoms with Crippen molar-refractivity contribution in [3.05, 3.63) is 30.1 Å². The van der Waals surface area contributed by atoms with Crippen molar-refractivity contribution in [2.24, 2.45) is 0 Å². The smallest absolute Gasteiger partial charge is 0.240 e. The van der Waals surface area contributed by atoms with Crippen molar-refractivity contribution in [3.63, 3.8) is 0 Å². The lowest BCUT2D eigenvalue weighted by molar-refractivity contribution is 0.306. The lowest BCUT2D eigenvalue weighted by Gasteiger charge is -2.21. The Morgan fingerprint density at radius 1 is 1.25 bits per heavy atom. The first-order valence-electron chi connectivity index (χ1n) is 6.91. The first-order chi connectivity index (χ1) is 9.84. The molecule has 1 atom stereocenters. The van der Waals surface area contributed by atoms with Crippen LogP contribution in [0.5, 0.6) is 0 Å². The third-order valence-electron chi connectivity index (χ3n) is 3.59. The van der Waals surface area contributed by atoms with E-state index in [9.17, 15) is 4.21 Å². The van der Waals surface area contributed by atoms with Crippen LogP contribution in [0.3, 0.4) is 0 Å². The number of hydrogen-bond donors (Lipinski definition) is 0. The van der Waals surface area contributed by atoms with E-state index in [1.165, 1.54) is 19.3 Å². The summed E-state index contributed by atoms with van der Waals surface area (Å²) in [6, 6.07) is 5.90. The maximum Gasteiger partial charge on any atom is 0.240 e. The fourth-order valence-corrected chi connectivity index (χ4v) is 3.66. The van der Waals surface area contributed by atoms with Gasteiger partial charge in [-0.3, -0.25) is 9.19 Å². The van der Waals surface area contributed by atoms with E-state index in [-0.39, 0.29) is 0 Å². The molecule has 6 nitrogen and oxygen atoms in total. The van der Waals surface area contributed by atoms with E-state index in [1.54, 1.807) is 10.9 Å². The number of aromatic nitrogens is 5. The van der Waals surface area contributed by atoms with Gasteiger partial charge in [0.05, 0.1) is 28.3 Å². The standard InChI is InChI=1S/C13H17N5OS/c19-20(10-11-6-4-5-9-14-11)13-15-16-17-18(13)12-7-2-1-3-8-12/h4-6,9,12H,1-3,7-8,10H2. The Bertz CT molecular complexity index is 579. The molecule has 7 heteroatoms. The van der Waals surface area contributed by atoms with Gasteiger partial charge in [0.15, 0.2) is 0 Å². The maximum absolute atomic E-state index is 12.4. The van der Waals surface area contributed by atoms with Crippen LogP contribution < -0.4 is 0 Å². The molecule has 2 aromatic heterocycles. The van der Waals surface area contributed by atoms with Gasteiger partial charge in [0.2, 0.25) is 5.16 Å². The number of tetrazole rings is 1. The summed E-state index contributed by atoms with van der Waals surface area (Å²) >= 11 is 0. The lowest BCUT2D eigenvalue weighted by atomic mass is 9.96. The number of nitrogens with zero attached hydrogens (tertiary/aromatic N) is 5. The van der Waals surface area contributed by atoms with Gasteiger partial charge in [-0.05, 0) is 35.4 Å². The minimum atomic E-state index is -1.25. The zero-order valence-electron chi connectivity index (χ0n) is 11.2. The van der Waals surface area contributed by atoms with E-state index < -0.39 is 10.8 Å². The topological polar surface area (TPSA) is 73.6 Å². The molecule has 1 aliphatic carbocycles. The van der Waals surface area contributed by atoms with Crippen molar-refractivity contribution >= 4 is 10.8 Å². The molecular formula is C13H17N5OS. The Kier molecular flexibility index (Phi) is 4.15. The molecule has 0 saturated heterocycles. The van der Waals surface area contributed by atoms with E-state index in [4.69, 9.17) is 0 Å². The summed E-state index contributed by atoms with van der Waals surface area (Å²) in [4.78, 5) is 4.20. The second-order valence-corrected chi connectivity index (χ2v) is 6.35. The number of hydrogen-bond acceptors (Lipinski definition) is 5. The third-order valence-corrected chi connectivity index (χ3v) is 4.83. The summed E-state index contributed by atoms with van der Waals surface area (Å²) in [5.74, 6) is 0.355. The number of rotatable bonds is 4. The van der Waals surface area contributed by atoms with Gasteiger partial charge in [0.25, 0.3) is 0 Å². The maximum atomic E-state index is 12.4. The molecule has 0 amide bonds. The Labute approximate surface area is 120 Å². The number of pyridine rings is 1. The highest BCUT2D eigenvalue weighted by atomic mass is 32.2. The van der Waals surface area contributed by atoms with E-state index in [0.29, 0.717) is 17.0 Å². The van der Waals surface area contributed by atoms with Crippen molar-refractivity contribution < 1.29 is 4.21 Å². The monoisotopic (exact) mass is 291 g/mol. The predicted molar refractivity (Wildman–Crippen MR) is 74.3 cm³/mol. The van der Waals surface area contributed by atoms with Gasteiger partial charge in [-0.25, -0.2) is 4.68 Å². The summed E-state index contributed by atoms with van der Waals surface area (Å²) in [6.45, 7) is 0. The Morgan fingerprint density at radius 2 is 2.10 bits per heavy atom. The molecular weight excluding hydrogens is 274 g/mol. The molecule has 0 spiro atoms. The van der Waals surface area contributed by atoms with Gasteiger partial charge in [-0.15, -0.1) is 0 Å². The summed E-state index contributed by atoms with van der Waals surface area (Å²) < 4.78 is 14.2. The molecule has 1 unspecified atom stereocenters. The molecule has 3 rings (SSSR count). The van der Waals surface area contributed by atoms with Gasteiger partial charge in [-0.2, -0.15) is 0 Å². The molecule has 1 fully saturated rings. The second-order valence-electron chi connectivity index (χ2n) is 5.01. The fourth-order valence-electron chi connectivity index (χ4n) is 2.57. The summed E-state index contributed by atoms with van der Waals surface area (Å²) in [5, 5.41) is 12.2. The molecule has 106 valence electrons. The molecule has 1 saturated carbocycles. The van der Waals surface area contributed by atoms with Crippen LogP contribution in [0.25, 0.3) is 0 Å². The molecule has 0 N–H and O–H groups in total. The van der Waals surface area contributed by atoms with Gasteiger partial charge < -0.3 is 0 Å². The van der Waals surface area contributed by atoms with E-state index >= 15 is 0 Å². The summed E-state index contributed by atoms with van der Waals surface area (Å²) in [6.07, 6.45) is 7.49. The molecule has 0 aliphatic heterocycles. The predicted octanol–water partition coefficient (Wildman–Crippen LogP) is 1.88. The van der Waals surface area contributed by atoms with E-state index in [1.807, 2.05) is 18.2 Å². The normalized spacial score (nSPS) is 18.0. The van der Waals surface area contributed by atoms with Crippen LogP contribution in [0, 0.1) is 0 Å². The Balaban J connectivity index is 1.77. The largest absolute Gasteiger partial charge is 0.260 e. The van der Waals surface area contributed by atoms with Crippen LogP contribution in [-0.4, -0.2) is 29.4 Å². The Hall–Kier alpha value is -1.63. The highest BCUT2D eigenvalue weighted by Gasteiger charge is 2.23. The van der Waals surface area contributed by atoms with Crippen LogP contribution >= 0.6 is 0 Å². The first kappa shape index (κ1) is 13.4. The first-order valence-corrected chi connectivity index (χ1v) is 8.22. The Morgan fingerprint density at radius 3 is 2.85 bits per heavy atom. The van der Waals surface area contributed by atoms with Crippen molar-refractivity contribution in [2.75, 3.05) is 0 Å². The second kappa shape index (κ2) is 6.21. The van der Waals surface area contributed by atoms with Crippen molar-refractivity contribution in [2.45, 2.75) is 49.1 Å². The molecule has 0 bridgehead atoms. The minimum absolute atomic E-state index is 0.293. The molecule has 1 aliphatic rings. The minimum Gasteiger partial charge on any atom is -0.260 e. The summed E-state index contributed by atoms with van der Waals surface area (Å²) in [7, 11) is -1.25. The third kappa shape index (κ3) is 2.92. The van der Waals surface area contributed by atoms with E-state index in [2.05, 4.69) is 20.5 Å². The van der Waals surface area contributed by atoms with Crippen molar-refractivity contribution in [1.29, 1.82) is 0 Å². The van der Waals surface area contributed by atoms with Crippen LogP contribution in [0.15, 0.2) is 29.6 Å². The molecule has 20 heavy (non-hydrogen) atoms. The van der Waals surface area contributed by atoms with E-state index in [0.717, 1.165) is 18.5 Å². The molecule has 2 heterocycles. The van der Waals surface area contributed by atoms with Crippen LogP contribution in [0.2, 0.25) is 0 Å². The highest BCUT2D eigenvalue weighted by Crippen LogP contribution is 2.28. The summed E-state index contributed by atoms with van der Waals surface area (Å²) in [5.41, 5.74) is 0.795. The van der Waals surface area contributed by atoms with Crippen molar-refractivity contribution in [1.82, 2.24) is 25.2 Å². The van der Waals surface area contributed by atoms with Gasteiger partial charge in [-0.1, -0.05) is 30.4 Å². The zero-order valence-corrected chi connectivity index (χ0v) is 12.0. The highest BCUT2D eigenvalue weighted by molar-refractivity contribution is 7.84. The fraction of sp³-hybridized carbons (Fsp3) is 0.538. The van der Waals surface area contributed by atoms with Gasteiger partial charge in [0.1, 0.15) is 0 Å².